The molecule has 4 nitrogen and oxygen atoms in total. The van der Waals surface area contributed by atoms with Crippen LogP contribution in [0.1, 0.15) is 0 Å². The Kier molecular flexibility index (Phi) is 3.18. The number of hydrogen-bond acceptors (Lipinski definition) is 3. The minimum Gasteiger partial charge on any atom is -0.450 e. The Hall–Kier alpha value is -2.50. The van der Waals surface area contributed by atoms with E-state index in [9.17, 15) is 18.9 Å². The second-order valence-corrected chi connectivity index (χ2v) is 3.43. The number of hydrogen-bond donors (Lipinski definition) is 0. The minimum atomic E-state index is -0.766. The van der Waals surface area contributed by atoms with Crippen molar-refractivity contribution in [1.29, 1.82) is 0 Å². The van der Waals surface area contributed by atoms with Crippen molar-refractivity contribution in [1.82, 2.24) is 0 Å². The maximum Gasteiger partial charge on any atom is 0.314 e. The molecule has 0 aromatic heterocycles. The molecule has 0 N–H and O–H groups in total. The van der Waals surface area contributed by atoms with Crippen molar-refractivity contribution >= 4 is 5.69 Å². The van der Waals surface area contributed by atoms with Crippen LogP contribution in [-0.2, 0) is 0 Å². The lowest BCUT2D eigenvalue weighted by atomic mass is 10.3. The van der Waals surface area contributed by atoms with E-state index >= 15 is 0 Å². The van der Waals surface area contributed by atoms with Gasteiger partial charge in [0.05, 0.1) is 11.0 Å². The van der Waals surface area contributed by atoms with Gasteiger partial charge in [-0.05, 0) is 24.3 Å². The van der Waals surface area contributed by atoms with E-state index in [1.54, 1.807) is 0 Å². The fraction of sp³-hybridized carbons (Fsp3) is 0. The molecule has 0 fully saturated rings. The molecule has 0 bridgehead atoms. The Bertz CT molecular complexity index is 602. The first-order chi connectivity index (χ1) is 8.56. The average molecular weight is 251 g/mol. The summed E-state index contributed by atoms with van der Waals surface area (Å²) in [6.07, 6.45) is 0. The number of nitro benzene ring substituents is 1. The Morgan fingerprint density at radius 1 is 1.06 bits per heavy atom. The number of rotatable bonds is 3. The van der Waals surface area contributed by atoms with Gasteiger partial charge in [0, 0.05) is 6.07 Å². The lowest BCUT2D eigenvalue weighted by molar-refractivity contribution is -0.385. The van der Waals surface area contributed by atoms with Crippen molar-refractivity contribution in [2.24, 2.45) is 0 Å². The Labute approximate surface area is 101 Å². The van der Waals surface area contributed by atoms with Crippen LogP contribution >= 0.6 is 0 Å². The fourth-order valence-corrected chi connectivity index (χ4v) is 1.38. The molecular formula is C12H7F2NO3. The van der Waals surface area contributed by atoms with E-state index in [4.69, 9.17) is 4.74 Å². The topological polar surface area (TPSA) is 52.4 Å². The van der Waals surface area contributed by atoms with Gasteiger partial charge in [-0.25, -0.2) is 8.78 Å². The zero-order valence-electron chi connectivity index (χ0n) is 8.97. The average Bonchev–Trinajstić information content (AvgIpc) is 2.31. The fourth-order valence-electron chi connectivity index (χ4n) is 1.38. The standard InChI is InChI=1S/C12H7F2NO3/c13-8-2-1-3-10(6-8)18-12-5-4-9(14)7-11(12)15(16)17/h1-7H. The molecule has 0 saturated carbocycles. The first kappa shape index (κ1) is 12.0. The highest BCUT2D eigenvalue weighted by atomic mass is 19.1. The third-order valence-corrected chi connectivity index (χ3v) is 2.14. The van der Waals surface area contributed by atoms with Gasteiger partial charge in [0.25, 0.3) is 0 Å². The van der Waals surface area contributed by atoms with Gasteiger partial charge >= 0.3 is 5.69 Å². The van der Waals surface area contributed by atoms with E-state index in [2.05, 4.69) is 0 Å². The van der Waals surface area contributed by atoms with Crippen LogP contribution in [-0.4, -0.2) is 4.92 Å². The van der Waals surface area contributed by atoms with Crippen LogP contribution in [0.5, 0.6) is 11.5 Å². The monoisotopic (exact) mass is 251 g/mol. The molecule has 0 saturated heterocycles. The Morgan fingerprint density at radius 3 is 2.44 bits per heavy atom. The molecule has 0 atom stereocenters. The second-order valence-electron chi connectivity index (χ2n) is 3.43. The van der Waals surface area contributed by atoms with E-state index in [0.717, 1.165) is 24.3 Å². The van der Waals surface area contributed by atoms with E-state index in [1.807, 2.05) is 0 Å². The van der Waals surface area contributed by atoms with E-state index in [1.165, 1.54) is 18.2 Å². The number of nitro groups is 1. The predicted octanol–water partition coefficient (Wildman–Crippen LogP) is 3.67. The highest BCUT2D eigenvalue weighted by Crippen LogP contribution is 2.31. The highest BCUT2D eigenvalue weighted by Gasteiger charge is 2.17. The summed E-state index contributed by atoms with van der Waals surface area (Å²) in [5, 5.41) is 10.7. The summed E-state index contributed by atoms with van der Waals surface area (Å²) in [7, 11) is 0. The zero-order valence-corrected chi connectivity index (χ0v) is 8.97. The molecule has 2 rings (SSSR count). The van der Waals surface area contributed by atoms with Gasteiger partial charge in [-0.1, -0.05) is 6.07 Å². The number of ether oxygens (including phenoxy) is 1. The number of nitrogens with zero attached hydrogens (tertiary/aromatic N) is 1. The third kappa shape index (κ3) is 2.60. The van der Waals surface area contributed by atoms with Gasteiger partial charge in [0.15, 0.2) is 0 Å². The molecule has 0 radical (unpaired) electrons. The second kappa shape index (κ2) is 4.79. The Balaban J connectivity index is 2.37. The lowest BCUT2D eigenvalue weighted by Crippen LogP contribution is -1.94. The number of benzene rings is 2. The van der Waals surface area contributed by atoms with E-state index in [0.29, 0.717) is 0 Å². The maximum atomic E-state index is 12.9. The van der Waals surface area contributed by atoms with E-state index in [-0.39, 0.29) is 11.5 Å². The summed E-state index contributed by atoms with van der Waals surface area (Å²) in [4.78, 5) is 9.95. The zero-order chi connectivity index (χ0) is 13.1. The molecule has 0 aliphatic carbocycles. The van der Waals surface area contributed by atoms with Gasteiger partial charge in [-0.3, -0.25) is 10.1 Å². The van der Waals surface area contributed by atoms with Crippen molar-refractivity contribution in [3.8, 4) is 11.5 Å². The van der Waals surface area contributed by atoms with Crippen molar-refractivity contribution < 1.29 is 18.4 Å². The third-order valence-electron chi connectivity index (χ3n) is 2.14. The largest absolute Gasteiger partial charge is 0.450 e. The summed E-state index contributed by atoms with van der Waals surface area (Å²) < 4.78 is 31.0. The molecule has 0 aliphatic rings. The van der Waals surface area contributed by atoms with Crippen LogP contribution in [0, 0.1) is 21.7 Å². The van der Waals surface area contributed by atoms with Crippen LogP contribution in [0.25, 0.3) is 0 Å². The van der Waals surface area contributed by atoms with Crippen LogP contribution < -0.4 is 4.74 Å². The molecule has 2 aromatic rings. The summed E-state index contributed by atoms with van der Waals surface area (Å²) in [6, 6.07) is 8.03. The van der Waals surface area contributed by atoms with Crippen molar-refractivity contribution in [2.75, 3.05) is 0 Å². The first-order valence-electron chi connectivity index (χ1n) is 4.93. The number of halogens is 2. The van der Waals surface area contributed by atoms with Crippen molar-refractivity contribution in [3.63, 3.8) is 0 Å². The Morgan fingerprint density at radius 2 is 1.78 bits per heavy atom. The van der Waals surface area contributed by atoms with Crippen molar-refractivity contribution in [2.45, 2.75) is 0 Å². The predicted molar refractivity (Wildman–Crippen MR) is 59.5 cm³/mol. The molecule has 2 aromatic carbocycles. The normalized spacial score (nSPS) is 10.1. The molecule has 0 unspecified atom stereocenters. The molecule has 0 spiro atoms. The van der Waals surface area contributed by atoms with Gasteiger partial charge in [-0.15, -0.1) is 0 Å². The summed E-state index contributed by atoms with van der Waals surface area (Å²) in [6.45, 7) is 0. The molecule has 0 amide bonds. The van der Waals surface area contributed by atoms with Gasteiger partial charge in [0.2, 0.25) is 5.75 Å². The summed E-state index contributed by atoms with van der Waals surface area (Å²) in [5.41, 5.74) is -0.515. The molecule has 0 heterocycles. The molecule has 92 valence electrons. The summed E-state index contributed by atoms with van der Waals surface area (Å²) in [5.74, 6) is -1.32. The smallest absolute Gasteiger partial charge is 0.314 e. The first-order valence-corrected chi connectivity index (χ1v) is 4.93. The van der Waals surface area contributed by atoms with Crippen LogP contribution in [0.2, 0.25) is 0 Å². The van der Waals surface area contributed by atoms with Crippen LogP contribution in [0.15, 0.2) is 42.5 Å². The van der Waals surface area contributed by atoms with Crippen LogP contribution in [0.4, 0.5) is 14.5 Å². The molecule has 18 heavy (non-hydrogen) atoms. The van der Waals surface area contributed by atoms with Crippen LogP contribution in [0.3, 0.4) is 0 Å². The summed E-state index contributed by atoms with van der Waals surface area (Å²) >= 11 is 0. The SMILES string of the molecule is O=[N+]([O-])c1cc(F)ccc1Oc1cccc(F)c1. The quantitative estimate of drug-likeness (QED) is 0.617. The van der Waals surface area contributed by atoms with Gasteiger partial charge in [-0.2, -0.15) is 0 Å². The molecule has 0 aliphatic heterocycles. The minimum absolute atomic E-state index is 0.102. The van der Waals surface area contributed by atoms with Crippen molar-refractivity contribution in [3.05, 3.63) is 64.2 Å². The highest BCUT2D eigenvalue weighted by molar-refractivity contribution is 5.48. The lowest BCUT2D eigenvalue weighted by Gasteiger charge is -2.06. The van der Waals surface area contributed by atoms with Gasteiger partial charge < -0.3 is 4.74 Å². The molecular weight excluding hydrogens is 244 g/mol. The van der Waals surface area contributed by atoms with Gasteiger partial charge in [0.1, 0.15) is 17.4 Å². The molecule has 6 heteroatoms. The maximum absolute atomic E-state index is 12.9. The van der Waals surface area contributed by atoms with E-state index < -0.39 is 22.2 Å².